The van der Waals surface area contributed by atoms with Gasteiger partial charge in [-0.3, -0.25) is 4.79 Å². The van der Waals surface area contributed by atoms with Gasteiger partial charge in [0.15, 0.2) is 6.61 Å². The van der Waals surface area contributed by atoms with Gasteiger partial charge in [0, 0.05) is 5.75 Å². The lowest BCUT2D eigenvalue weighted by molar-refractivity contribution is -0.146. The molecule has 0 saturated carbocycles. The number of ether oxygens (including phenoxy) is 1. The van der Waals surface area contributed by atoms with Crippen LogP contribution in [0, 0.1) is 0 Å². The topological polar surface area (TPSA) is 75.6 Å². The third-order valence-electron chi connectivity index (χ3n) is 3.36. The molecule has 2 rings (SSSR count). The second-order valence-electron chi connectivity index (χ2n) is 5.02. The second kappa shape index (κ2) is 6.69. The molecule has 1 aliphatic rings. The summed E-state index contributed by atoms with van der Waals surface area (Å²) in [7, 11) is 0. The van der Waals surface area contributed by atoms with Crippen LogP contribution in [0.25, 0.3) is 0 Å². The number of alkyl halides is 3. The van der Waals surface area contributed by atoms with Gasteiger partial charge < -0.3 is 15.2 Å². The summed E-state index contributed by atoms with van der Waals surface area (Å²) in [6, 6.07) is 4.52. The smallest absolute Gasteiger partial charge is 0.419 e. The van der Waals surface area contributed by atoms with E-state index < -0.39 is 41.5 Å². The number of amides is 1. The average Bonchev–Trinajstić information content (AvgIpc) is 2.94. The van der Waals surface area contributed by atoms with Gasteiger partial charge in [-0.05, 0) is 24.3 Å². The fourth-order valence-electron chi connectivity index (χ4n) is 2.16. The lowest BCUT2D eigenvalue weighted by Crippen LogP contribution is -2.55. The first-order valence-electron chi connectivity index (χ1n) is 6.66. The van der Waals surface area contributed by atoms with Gasteiger partial charge in [0.25, 0.3) is 5.91 Å². The fraction of sp³-hybridized carbons (Fsp3) is 0.429. The van der Waals surface area contributed by atoms with Gasteiger partial charge >= 0.3 is 12.1 Å². The first kappa shape index (κ1) is 17.5. The number of carboxylic acid groups (broad SMARTS) is 1. The van der Waals surface area contributed by atoms with Gasteiger partial charge in [0.2, 0.25) is 0 Å². The molecule has 1 amide bonds. The first-order valence-corrected chi connectivity index (χ1v) is 7.81. The van der Waals surface area contributed by atoms with Gasteiger partial charge in [0.1, 0.15) is 11.3 Å². The van der Waals surface area contributed by atoms with Crippen LogP contribution < -0.4 is 10.1 Å². The molecular weight excluding hydrogens is 335 g/mol. The molecule has 0 radical (unpaired) electrons. The minimum Gasteiger partial charge on any atom is -0.483 e. The van der Waals surface area contributed by atoms with E-state index in [2.05, 4.69) is 5.32 Å². The van der Waals surface area contributed by atoms with E-state index in [4.69, 9.17) is 4.74 Å². The number of halogens is 3. The number of carbonyl (C=O) groups excluding carboxylic acids is 1. The Labute approximate surface area is 134 Å². The van der Waals surface area contributed by atoms with E-state index in [0.717, 1.165) is 12.1 Å². The normalized spacial score (nSPS) is 21.0. The second-order valence-corrected chi connectivity index (χ2v) is 6.13. The van der Waals surface area contributed by atoms with Crippen molar-refractivity contribution in [1.29, 1.82) is 0 Å². The van der Waals surface area contributed by atoms with Crippen molar-refractivity contribution in [2.24, 2.45) is 0 Å². The maximum Gasteiger partial charge on any atom is 0.419 e. The van der Waals surface area contributed by atoms with E-state index in [1.54, 1.807) is 0 Å². The quantitative estimate of drug-likeness (QED) is 0.852. The molecule has 9 heteroatoms. The monoisotopic (exact) mass is 349 g/mol. The minimum atomic E-state index is -4.60. The highest BCUT2D eigenvalue weighted by Crippen LogP contribution is 2.35. The number of rotatable bonds is 5. The van der Waals surface area contributed by atoms with Gasteiger partial charge in [-0.1, -0.05) is 12.1 Å². The average molecular weight is 349 g/mol. The third-order valence-corrected chi connectivity index (χ3v) is 4.55. The van der Waals surface area contributed by atoms with Crippen molar-refractivity contribution in [2.75, 3.05) is 18.1 Å². The number of thioether (sulfide) groups is 1. The lowest BCUT2D eigenvalue weighted by atomic mass is 9.99. The summed E-state index contributed by atoms with van der Waals surface area (Å²) in [5.41, 5.74) is -2.37. The van der Waals surface area contributed by atoms with Crippen molar-refractivity contribution in [3.63, 3.8) is 0 Å². The summed E-state index contributed by atoms with van der Waals surface area (Å²) in [5, 5.41) is 11.6. The maximum atomic E-state index is 12.8. The molecule has 1 unspecified atom stereocenters. The van der Waals surface area contributed by atoms with Crippen LogP contribution in [0.3, 0.4) is 0 Å². The summed E-state index contributed by atoms with van der Waals surface area (Å²) < 4.78 is 43.3. The van der Waals surface area contributed by atoms with E-state index in [9.17, 15) is 27.9 Å². The number of hydrogen-bond acceptors (Lipinski definition) is 4. The van der Waals surface area contributed by atoms with E-state index >= 15 is 0 Å². The Balaban J connectivity index is 2.02. The van der Waals surface area contributed by atoms with E-state index in [0.29, 0.717) is 5.75 Å². The number of nitrogens with one attached hydrogen (secondary N) is 1. The highest BCUT2D eigenvalue weighted by molar-refractivity contribution is 7.99. The summed E-state index contributed by atoms with van der Waals surface area (Å²) in [5.74, 6) is -1.60. The Morgan fingerprint density at radius 1 is 1.35 bits per heavy atom. The van der Waals surface area contributed by atoms with E-state index in [1.807, 2.05) is 0 Å². The SMILES string of the molecule is O=C(COc1ccccc1C(F)(F)F)NC1(C(=O)O)CCSC1. The van der Waals surface area contributed by atoms with Gasteiger partial charge in [-0.2, -0.15) is 24.9 Å². The van der Waals surface area contributed by atoms with Gasteiger partial charge in [0.05, 0.1) is 5.56 Å². The summed E-state index contributed by atoms with van der Waals surface area (Å²) >= 11 is 1.39. The van der Waals surface area contributed by atoms with Crippen molar-refractivity contribution < 1.29 is 32.6 Å². The Morgan fingerprint density at radius 3 is 2.61 bits per heavy atom. The van der Waals surface area contributed by atoms with Crippen molar-refractivity contribution in [3.8, 4) is 5.75 Å². The van der Waals surface area contributed by atoms with Crippen LogP contribution in [-0.4, -0.2) is 40.6 Å². The number of carboxylic acids is 1. The van der Waals surface area contributed by atoms with Crippen molar-refractivity contribution >= 4 is 23.6 Å². The zero-order valence-electron chi connectivity index (χ0n) is 11.9. The molecule has 1 aromatic rings. The molecule has 0 aromatic heterocycles. The van der Waals surface area contributed by atoms with Crippen LogP contribution in [0.2, 0.25) is 0 Å². The molecule has 0 spiro atoms. The Hall–Kier alpha value is -1.90. The molecule has 5 nitrogen and oxygen atoms in total. The van der Waals surface area contributed by atoms with Gasteiger partial charge in [-0.25, -0.2) is 4.79 Å². The minimum absolute atomic E-state index is 0.215. The lowest BCUT2D eigenvalue weighted by Gasteiger charge is -2.24. The summed E-state index contributed by atoms with van der Waals surface area (Å²) in [6.07, 6.45) is -4.34. The molecule has 1 heterocycles. The molecule has 1 aliphatic heterocycles. The number of aliphatic carboxylic acids is 1. The predicted octanol–water partition coefficient (Wildman–Crippen LogP) is 2.16. The van der Waals surface area contributed by atoms with E-state index in [1.165, 1.54) is 23.9 Å². The zero-order chi connectivity index (χ0) is 17.1. The Bertz CT molecular complexity index is 600. The Kier molecular flexibility index (Phi) is 5.08. The Morgan fingerprint density at radius 2 is 2.04 bits per heavy atom. The zero-order valence-corrected chi connectivity index (χ0v) is 12.7. The molecular formula is C14H14F3NO4S. The molecule has 2 N–H and O–H groups in total. The fourth-order valence-corrected chi connectivity index (χ4v) is 3.48. The number of carbonyl (C=O) groups is 2. The molecule has 0 bridgehead atoms. The summed E-state index contributed by atoms with van der Waals surface area (Å²) in [4.78, 5) is 23.2. The number of benzene rings is 1. The van der Waals surface area contributed by atoms with Crippen LogP contribution in [0.1, 0.15) is 12.0 Å². The molecule has 1 fully saturated rings. The standard InChI is InChI=1S/C14H14F3NO4S/c15-14(16,17)9-3-1-2-4-10(9)22-7-11(19)18-13(12(20)21)5-6-23-8-13/h1-4H,5-8H2,(H,18,19)(H,20,21). The first-order chi connectivity index (χ1) is 10.7. The van der Waals surface area contributed by atoms with E-state index in [-0.39, 0.29) is 12.2 Å². The van der Waals surface area contributed by atoms with Crippen LogP contribution in [0.5, 0.6) is 5.75 Å². The van der Waals surface area contributed by atoms with Crippen LogP contribution >= 0.6 is 11.8 Å². The molecule has 23 heavy (non-hydrogen) atoms. The van der Waals surface area contributed by atoms with Crippen LogP contribution in [0.4, 0.5) is 13.2 Å². The molecule has 1 atom stereocenters. The van der Waals surface area contributed by atoms with Crippen molar-refractivity contribution in [2.45, 2.75) is 18.1 Å². The molecule has 1 saturated heterocycles. The van der Waals surface area contributed by atoms with Crippen molar-refractivity contribution in [3.05, 3.63) is 29.8 Å². The summed E-state index contributed by atoms with van der Waals surface area (Å²) in [6.45, 7) is -0.688. The predicted molar refractivity (Wildman–Crippen MR) is 77.4 cm³/mol. The largest absolute Gasteiger partial charge is 0.483 e. The van der Waals surface area contributed by atoms with Crippen LogP contribution in [-0.2, 0) is 15.8 Å². The van der Waals surface area contributed by atoms with Gasteiger partial charge in [-0.15, -0.1) is 0 Å². The van der Waals surface area contributed by atoms with Crippen molar-refractivity contribution in [1.82, 2.24) is 5.32 Å². The number of para-hydroxylation sites is 1. The van der Waals surface area contributed by atoms with Crippen LogP contribution in [0.15, 0.2) is 24.3 Å². The molecule has 126 valence electrons. The number of hydrogen-bond donors (Lipinski definition) is 2. The molecule has 1 aromatic carbocycles. The highest BCUT2D eigenvalue weighted by Gasteiger charge is 2.43. The third kappa shape index (κ3) is 4.10. The molecule has 0 aliphatic carbocycles. The maximum absolute atomic E-state index is 12.8. The highest BCUT2D eigenvalue weighted by atomic mass is 32.2.